The van der Waals surface area contributed by atoms with Crippen LogP contribution in [-0.2, 0) is 13.0 Å². The van der Waals surface area contributed by atoms with E-state index in [9.17, 15) is 9.59 Å². The van der Waals surface area contributed by atoms with Crippen LogP contribution in [0.15, 0.2) is 58.1 Å². The smallest absolute Gasteiger partial charge is 0.334 e. The summed E-state index contributed by atoms with van der Waals surface area (Å²) in [7, 11) is 0. The summed E-state index contributed by atoms with van der Waals surface area (Å²) in [5.41, 5.74) is 4.14. The van der Waals surface area contributed by atoms with Crippen molar-refractivity contribution in [2.45, 2.75) is 26.8 Å². The first-order valence-corrected chi connectivity index (χ1v) is 9.49. The highest BCUT2D eigenvalue weighted by atomic mass is 16.2. The molecular formula is C22H24N4O2. The van der Waals surface area contributed by atoms with Crippen molar-refractivity contribution in [1.29, 1.82) is 0 Å². The van der Waals surface area contributed by atoms with Crippen LogP contribution in [0.4, 0.5) is 5.82 Å². The first-order valence-electron chi connectivity index (χ1n) is 9.49. The van der Waals surface area contributed by atoms with Gasteiger partial charge in [0.05, 0.1) is 17.9 Å². The van der Waals surface area contributed by atoms with E-state index >= 15 is 0 Å². The summed E-state index contributed by atoms with van der Waals surface area (Å²) in [5, 5.41) is 3.30. The maximum absolute atomic E-state index is 12.6. The second-order valence-electron chi connectivity index (χ2n) is 7.31. The van der Waals surface area contributed by atoms with Gasteiger partial charge in [0.15, 0.2) is 0 Å². The molecule has 0 saturated heterocycles. The zero-order valence-electron chi connectivity index (χ0n) is 16.2. The summed E-state index contributed by atoms with van der Waals surface area (Å²) in [4.78, 5) is 29.7. The largest absolute Gasteiger partial charge is 0.358 e. The molecule has 4 rings (SSSR count). The van der Waals surface area contributed by atoms with E-state index in [4.69, 9.17) is 0 Å². The number of hydrogen-bond donors (Lipinski definition) is 2. The lowest BCUT2D eigenvalue weighted by Crippen LogP contribution is -2.43. The fourth-order valence-electron chi connectivity index (χ4n) is 3.57. The van der Waals surface area contributed by atoms with Gasteiger partial charge in [-0.25, -0.2) is 9.36 Å². The van der Waals surface area contributed by atoms with E-state index in [0.717, 1.165) is 29.8 Å². The van der Waals surface area contributed by atoms with Gasteiger partial charge in [0.25, 0.3) is 5.56 Å². The average Bonchev–Trinajstić information content (AvgIpc) is 2.70. The Hall–Kier alpha value is -3.12. The SMILES string of the molecule is Cc1ccc(-n2c3c(c(=O)[nH]c2=O)CN(CCc2ccccc2)CN3)cc1C. The number of rotatable bonds is 4. The topological polar surface area (TPSA) is 70.1 Å². The van der Waals surface area contributed by atoms with E-state index < -0.39 is 5.69 Å². The molecule has 0 amide bonds. The third kappa shape index (κ3) is 3.51. The van der Waals surface area contributed by atoms with Gasteiger partial charge in [0, 0.05) is 13.1 Å². The van der Waals surface area contributed by atoms with E-state index in [0.29, 0.717) is 24.6 Å². The summed E-state index contributed by atoms with van der Waals surface area (Å²) in [6.07, 6.45) is 0.909. The van der Waals surface area contributed by atoms with Gasteiger partial charge in [-0.2, -0.15) is 0 Å². The molecule has 0 unspecified atom stereocenters. The molecule has 0 bridgehead atoms. The predicted octanol–water partition coefficient (Wildman–Crippen LogP) is 2.57. The number of anilines is 1. The van der Waals surface area contributed by atoms with Gasteiger partial charge in [-0.15, -0.1) is 0 Å². The molecule has 0 fully saturated rings. The molecule has 0 radical (unpaired) electrons. The van der Waals surface area contributed by atoms with Crippen LogP contribution in [0.1, 0.15) is 22.3 Å². The van der Waals surface area contributed by atoms with Crippen LogP contribution in [0.5, 0.6) is 0 Å². The fraction of sp³-hybridized carbons (Fsp3) is 0.273. The molecule has 144 valence electrons. The zero-order valence-corrected chi connectivity index (χ0v) is 16.2. The number of fused-ring (bicyclic) bond motifs is 1. The van der Waals surface area contributed by atoms with Crippen LogP contribution in [0.2, 0.25) is 0 Å². The molecule has 6 heteroatoms. The number of hydrogen-bond acceptors (Lipinski definition) is 4. The van der Waals surface area contributed by atoms with E-state index in [-0.39, 0.29) is 5.56 Å². The van der Waals surface area contributed by atoms with Crippen molar-refractivity contribution in [1.82, 2.24) is 14.5 Å². The Bertz CT molecular complexity index is 1120. The van der Waals surface area contributed by atoms with Crippen molar-refractivity contribution in [2.24, 2.45) is 0 Å². The Balaban J connectivity index is 1.64. The lowest BCUT2D eigenvalue weighted by molar-refractivity contribution is 0.275. The molecule has 1 aromatic heterocycles. The number of nitrogens with zero attached hydrogens (tertiary/aromatic N) is 2. The highest BCUT2D eigenvalue weighted by Gasteiger charge is 2.23. The Morgan fingerprint density at radius 2 is 1.79 bits per heavy atom. The van der Waals surface area contributed by atoms with Gasteiger partial charge in [-0.3, -0.25) is 14.7 Å². The summed E-state index contributed by atoms with van der Waals surface area (Å²) in [5.74, 6) is 0.591. The molecule has 3 aromatic rings. The van der Waals surface area contributed by atoms with Crippen molar-refractivity contribution in [3.63, 3.8) is 0 Å². The van der Waals surface area contributed by atoms with Crippen molar-refractivity contribution < 1.29 is 0 Å². The molecule has 0 saturated carbocycles. The van der Waals surface area contributed by atoms with Gasteiger partial charge in [0.1, 0.15) is 5.82 Å². The summed E-state index contributed by atoms with van der Waals surface area (Å²) >= 11 is 0. The van der Waals surface area contributed by atoms with Crippen molar-refractivity contribution >= 4 is 5.82 Å². The number of aromatic nitrogens is 2. The van der Waals surface area contributed by atoms with Crippen LogP contribution in [0.25, 0.3) is 5.69 Å². The standard InChI is InChI=1S/C22H24N4O2/c1-15-8-9-18(12-16(15)2)26-20-19(21(27)24-22(26)28)13-25(14-23-20)11-10-17-6-4-3-5-7-17/h3-9,12,23H,10-11,13-14H2,1-2H3,(H,24,27,28). The molecule has 0 aliphatic carbocycles. The monoisotopic (exact) mass is 376 g/mol. The highest BCUT2D eigenvalue weighted by Crippen LogP contribution is 2.22. The molecular weight excluding hydrogens is 352 g/mol. The van der Waals surface area contributed by atoms with E-state index in [1.807, 2.05) is 50.2 Å². The Morgan fingerprint density at radius 3 is 2.54 bits per heavy atom. The van der Waals surface area contributed by atoms with Crippen LogP contribution < -0.4 is 16.6 Å². The molecule has 1 aliphatic rings. The Labute approximate surface area is 163 Å². The molecule has 28 heavy (non-hydrogen) atoms. The minimum atomic E-state index is -0.419. The van der Waals surface area contributed by atoms with E-state index in [1.54, 1.807) is 4.57 Å². The van der Waals surface area contributed by atoms with Crippen LogP contribution >= 0.6 is 0 Å². The Morgan fingerprint density at radius 1 is 1.00 bits per heavy atom. The maximum Gasteiger partial charge on any atom is 0.334 e. The van der Waals surface area contributed by atoms with Crippen LogP contribution in [0.3, 0.4) is 0 Å². The molecule has 0 atom stereocenters. The first kappa shape index (κ1) is 18.3. The maximum atomic E-state index is 12.6. The second kappa shape index (κ2) is 7.48. The lowest BCUT2D eigenvalue weighted by atomic mass is 10.1. The molecule has 2 N–H and O–H groups in total. The second-order valence-corrected chi connectivity index (χ2v) is 7.31. The molecule has 2 aromatic carbocycles. The zero-order chi connectivity index (χ0) is 19.7. The number of aryl methyl sites for hydroxylation is 2. The molecule has 0 spiro atoms. The van der Waals surface area contributed by atoms with Gasteiger partial charge < -0.3 is 5.32 Å². The van der Waals surface area contributed by atoms with Gasteiger partial charge >= 0.3 is 5.69 Å². The van der Waals surface area contributed by atoms with Crippen molar-refractivity contribution in [2.75, 3.05) is 18.5 Å². The molecule has 1 aliphatic heterocycles. The fourth-order valence-corrected chi connectivity index (χ4v) is 3.57. The lowest BCUT2D eigenvalue weighted by Gasteiger charge is -2.30. The van der Waals surface area contributed by atoms with Crippen molar-refractivity contribution in [3.05, 3.63) is 91.6 Å². The summed E-state index contributed by atoms with van der Waals surface area (Å²) in [6, 6.07) is 16.2. The number of benzene rings is 2. The van der Waals surface area contributed by atoms with E-state index in [1.165, 1.54) is 5.56 Å². The summed E-state index contributed by atoms with van der Waals surface area (Å²) < 4.78 is 1.57. The van der Waals surface area contributed by atoms with Gasteiger partial charge in [-0.05, 0) is 49.1 Å². The number of H-pyrrole nitrogens is 1. The average molecular weight is 376 g/mol. The van der Waals surface area contributed by atoms with Crippen molar-refractivity contribution in [3.8, 4) is 5.69 Å². The summed E-state index contributed by atoms with van der Waals surface area (Å²) in [6.45, 7) is 5.98. The van der Waals surface area contributed by atoms with E-state index in [2.05, 4.69) is 27.3 Å². The minimum Gasteiger partial charge on any atom is -0.358 e. The van der Waals surface area contributed by atoms with Crippen LogP contribution in [-0.4, -0.2) is 27.7 Å². The third-order valence-electron chi connectivity index (χ3n) is 5.37. The Kier molecular flexibility index (Phi) is 4.88. The number of nitrogens with one attached hydrogen (secondary N) is 2. The quantitative estimate of drug-likeness (QED) is 0.734. The van der Waals surface area contributed by atoms with Gasteiger partial charge in [-0.1, -0.05) is 36.4 Å². The van der Waals surface area contributed by atoms with Gasteiger partial charge in [0.2, 0.25) is 0 Å². The normalized spacial score (nSPS) is 13.8. The molecule has 2 heterocycles. The number of aromatic amines is 1. The predicted molar refractivity (Wildman–Crippen MR) is 111 cm³/mol. The third-order valence-corrected chi connectivity index (χ3v) is 5.37. The minimum absolute atomic E-state index is 0.322. The highest BCUT2D eigenvalue weighted by molar-refractivity contribution is 5.53. The molecule has 6 nitrogen and oxygen atoms in total. The van der Waals surface area contributed by atoms with Crippen LogP contribution in [0, 0.1) is 13.8 Å². The first-order chi connectivity index (χ1) is 13.5.